The minimum absolute atomic E-state index is 0.126. The normalized spacial score (nSPS) is 22.0. The Balaban J connectivity index is 1.80. The zero-order valence-corrected chi connectivity index (χ0v) is 12.7. The third kappa shape index (κ3) is 3.05. The molecule has 3 rings (SSSR count). The summed E-state index contributed by atoms with van der Waals surface area (Å²) in [6, 6.07) is 3.51. The van der Waals surface area contributed by atoms with Gasteiger partial charge in [-0.25, -0.2) is 14.1 Å². The highest BCUT2D eigenvalue weighted by molar-refractivity contribution is 6.10. The Kier molecular flexibility index (Phi) is 4.04. The molecule has 6 nitrogen and oxygen atoms in total. The van der Waals surface area contributed by atoms with Crippen molar-refractivity contribution in [1.82, 2.24) is 9.80 Å². The third-order valence-corrected chi connectivity index (χ3v) is 4.15. The second-order valence-electron chi connectivity index (χ2n) is 5.80. The maximum atomic E-state index is 13.3. The number of hydrogen-bond acceptors (Lipinski definition) is 5. The van der Waals surface area contributed by atoms with E-state index in [1.54, 1.807) is 0 Å². The summed E-state index contributed by atoms with van der Waals surface area (Å²) >= 11 is 0. The molecule has 0 bridgehead atoms. The van der Waals surface area contributed by atoms with Crippen LogP contribution in [0.5, 0.6) is 5.75 Å². The molecule has 0 aliphatic carbocycles. The molecule has 0 spiro atoms. The van der Waals surface area contributed by atoms with Gasteiger partial charge in [-0.1, -0.05) is 6.07 Å². The fourth-order valence-corrected chi connectivity index (χ4v) is 2.81. The van der Waals surface area contributed by atoms with Crippen LogP contribution in [0.4, 0.5) is 9.18 Å². The number of nitrogens with zero attached hydrogens (tertiary/aromatic N) is 2. The van der Waals surface area contributed by atoms with E-state index in [0.717, 1.165) is 24.1 Å². The zero-order valence-electron chi connectivity index (χ0n) is 12.7. The first-order chi connectivity index (χ1) is 11.0. The van der Waals surface area contributed by atoms with Crippen LogP contribution in [0, 0.1) is 5.82 Å². The lowest BCUT2D eigenvalue weighted by atomic mass is 10.0. The van der Waals surface area contributed by atoms with Crippen LogP contribution in [-0.4, -0.2) is 53.1 Å². The van der Waals surface area contributed by atoms with Crippen molar-refractivity contribution in [2.24, 2.45) is 0 Å². The number of hydrogen-bond donors (Lipinski definition) is 1. The predicted molar refractivity (Wildman–Crippen MR) is 79.9 cm³/mol. The van der Waals surface area contributed by atoms with Crippen LogP contribution >= 0.6 is 0 Å². The largest absolute Gasteiger partial charge is 0.505 e. The summed E-state index contributed by atoms with van der Waals surface area (Å²) in [4.78, 5) is 27.7. The Morgan fingerprint density at radius 3 is 2.65 bits per heavy atom. The van der Waals surface area contributed by atoms with Crippen molar-refractivity contribution in [3.63, 3.8) is 0 Å². The van der Waals surface area contributed by atoms with Crippen LogP contribution in [0.15, 0.2) is 24.0 Å². The molecule has 0 radical (unpaired) electrons. The molecule has 7 heteroatoms. The van der Waals surface area contributed by atoms with E-state index in [2.05, 4.69) is 4.90 Å². The number of rotatable bonds is 2. The Labute approximate surface area is 132 Å². The minimum Gasteiger partial charge on any atom is -0.505 e. The fourth-order valence-electron chi connectivity index (χ4n) is 2.81. The number of halogens is 1. The zero-order chi connectivity index (χ0) is 16.6. The van der Waals surface area contributed by atoms with Gasteiger partial charge < -0.3 is 14.7 Å². The molecule has 0 atom stereocenters. The molecule has 1 N–H and O–H groups in total. The van der Waals surface area contributed by atoms with Crippen molar-refractivity contribution < 1.29 is 23.8 Å². The number of aromatic hydroxyl groups is 1. The number of likely N-dealkylation sites (tertiary alicyclic amines) is 1. The molecular weight excluding hydrogens is 303 g/mol. The van der Waals surface area contributed by atoms with Crippen LogP contribution < -0.4 is 0 Å². The number of benzene rings is 1. The van der Waals surface area contributed by atoms with E-state index < -0.39 is 23.6 Å². The van der Waals surface area contributed by atoms with Crippen molar-refractivity contribution in [1.29, 1.82) is 0 Å². The second-order valence-corrected chi connectivity index (χ2v) is 5.80. The Morgan fingerprint density at radius 2 is 2.00 bits per heavy atom. The number of carbonyl (C=O) groups excluding carboxylic acids is 2. The van der Waals surface area contributed by atoms with Crippen LogP contribution in [0.1, 0.15) is 18.4 Å². The monoisotopic (exact) mass is 320 g/mol. The van der Waals surface area contributed by atoms with Crippen LogP contribution in [0.2, 0.25) is 0 Å². The molecule has 2 fully saturated rings. The topological polar surface area (TPSA) is 70.1 Å². The van der Waals surface area contributed by atoms with Crippen molar-refractivity contribution in [2.45, 2.75) is 18.9 Å². The van der Waals surface area contributed by atoms with E-state index in [1.165, 1.54) is 18.2 Å². The molecule has 2 amide bonds. The number of carbonyl (C=O) groups is 2. The highest BCUT2D eigenvalue weighted by Gasteiger charge is 2.41. The van der Waals surface area contributed by atoms with E-state index in [1.807, 2.05) is 7.05 Å². The number of amides is 2. The van der Waals surface area contributed by atoms with E-state index in [0.29, 0.717) is 18.4 Å². The number of cyclic esters (lactones) is 1. The van der Waals surface area contributed by atoms with Gasteiger partial charge in [-0.2, -0.15) is 0 Å². The van der Waals surface area contributed by atoms with Gasteiger partial charge in [-0.15, -0.1) is 0 Å². The molecule has 1 aromatic rings. The Hall–Kier alpha value is -2.41. The van der Waals surface area contributed by atoms with Crippen molar-refractivity contribution >= 4 is 18.1 Å². The molecule has 122 valence electrons. The first kappa shape index (κ1) is 15.5. The maximum absolute atomic E-state index is 13.3. The van der Waals surface area contributed by atoms with Gasteiger partial charge >= 0.3 is 6.09 Å². The van der Waals surface area contributed by atoms with E-state index in [9.17, 15) is 19.1 Å². The standard InChI is InChI=1S/C16H17FN2O4/c1-18-6-4-11(5-7-18)19-15(21)14(23-16(19)22)9-10-2-3-13(20)12(17)8-10/h2-3,8-9,11,20H,4-7H2,1H3. The Morgan fingerprint density at radius 1 is 1.30 bits per heavy atom. The lowest BCUT2D eigenvalue weighted by molar-refractivity contribution is -0.125. The molecule has 23 heavy (non-hydrogen) atoms. The van der Waals surface area contributed by atoms with Gasteiger partial charge in [0.05, 0.1) is 0 Å². The van der Waals surface area contributed by atoms with Crippen LogP contribution in [0.25, 0.3) is 6.08 Å². The first-order valence-corrected chi connectivity index (χ1v) is 7.40. The van der Waals surface area contributed by atoms with Crippen molar-refractivity contribution in [3.8, 4) is 5.75 Å². The van der Waals surface area contributed by atoms with Gasteiger partial charge in [0.2, 0.25) is 0 Å². The maximum Gasteiger partial charge on any atom is 0.422 e. The minimum atomic E-state index is -0.803. The van der Waals surface area contributed by atoms with Gasteiger partial charge in [0.15, 0.2) is 17.3 Å². The molecule has 0 unspecified atom stereocenters. The summed E-state index contributed by atoms with van der Waals surface area (Å²) in [6.07, 6.45) is 2.03. The number of phenols is 1. The smallest absolute Gasteiger partial charge is 0.422 e. The number of ether oxygens (including phenoxy) is 1. The fraction of sp³-hybridized carbons (Fsp3) is 0.375. The summed E-state index contributed by atoms with van der Waals surface area (Å²) in [5.74, 6) is -1.91. The first-order valence-electron chi connectivity index (χ1n) is 7.40. The average Bonchev–Trinajstić information content (AvgIpc) is 2.79. The highest BCUT2D eigenvalue weighted by atomic mass is 19.1. The molecule has 2 saturated heterocycles. The van der Waals surface area contributed by atoms with Gasteiger partial charge in [0.1, 0.15) is 0 Å². The van der Waals surface area contributed by atoms with E-state index in [-0.39, 0.29) is 11.8 Å². The number of imide groups is 1. The van der Waals surface area contributed by atoms with Crippen molar-refractivity contribution in [3.05, 3.63) is 35.3 Å². The molecular formula is C16H17FN2O4. The molecule has 1 aromatic carbocycles. The lowest BCUT2D eigenvalue weighted by Gasteiger charge is -2.32. The van der Waals surface area contributed by atoms with Gasteiger partial charge in [0.25, 0.3) is 5.91 Å². The summed E-state index contributed by atoms with van der Waals surface area (Å²) in [7, 11) is 1.99. The summed E-state index contributed by atoms with van der Waals surface area (Å²) in [6.45, 7) is 1.62. The van der Waals surface area contributed by atoms with Crippen molar-refractivity contribution in [2.75, 3.05) is 20.1 Å². The molecule has 2 heterocycles. The van der Waals surface area contributed by atoms with Gasteiger partial charge in [-0.3, -0.25) is 4.79 Å². The summed E-state index contributed by atoms with van der Waals surface area (Å²) in [5.41, 5.74) is 0.335. The molecule has 2 aliphatic rings. The molecule has 2 aliphatic heterocycles. The highest BCUT2D eigenvalue weighted by Crippen LogP contribution is 2.27. The predicted octanol–water partition coefficient (Wildman–Crippen LogP) is 1.95. The summed E-state index contributed by atoms with van der Waals surface area (Å²) in [5, 5.41) is 9.17. The van der Waals surface area contributed by atoms with Gasteiger partial charge in [-0.05, 0) is 56.8 Å². The van der Waals surface area contributed by atoms with Crippen LogP contribution in [-0.2, 0) is 9.53 Å². The van der Waals surface area contributed by atoms with E-state index in [4.69, 9.17) is 4.74 Å². The summed E-state index contributed by atoms with van der Waals surface area (Å²) < 4.78 is 18.4. The SMILES string of the molecule is CN1CCC(N2C(=O)OC(=Cc3ccc(O)c(F)c3)C2=O)CC1. The Bertz CT molecular complexity index is 681. The number of piperidine rings is 1. The molecule has 0 aromatic heterocycles. The quantitative estimate of drug-likeness (QED) is 0.844. The second kappa shape index (κ2) is 6.00. The third-order valence-electron chi connectivity index (χ3n) is 4.15. The van der Waals surface area contributed by atoms with E-state index >= 15 is 0 Å². The lowest BCUT2D eigenvalue weighted by Crippen LogP contribution is -2.45. The number of phenolic OH excluding ortho intramolecular Hbond substituents is 1. The van der Waals surface area contributed by atoms with Gasteiger partial charge in [0, 0.05) is 6.04 Å². The molecule has 0 saturated carbocycles. The average molecular weight is 320 g/mol. The van der Waals surface area contributed by atoms with Crippen LogP contribution in [0.3, 0.4) is 0 Å².